The third-order valence-electron chi connectivity index (χ3n) is 8.47. The Morgan fingerprint density at radius 1 is 0.579 bits per heavy atom. The van der Waals surface area contributed by atoms with E-state index in [1.165, 1.54) is 115 Å². The van der Waals surface area contributed by atoms with Crippen LogP contribution in [0.4, 0.5) is 0 Å². The molecule has 2 aliphatic rings. The van der Waals surface area contributed by atoms with Crippen molar-refractivity contribution in [2.24, 2.45) is 0 Å². The van der Waals surface area contributed by atoms with Crippen molar-refractivity contribution in [3.63, 3.8) is 0 Å². The van der Waals surface area contributed by atoms with Crippen LogP contribution in [0.3, 0.4) is 0 Å². The second kappa shape index (κ2) is 10.5. The van der Waals surface area contributed by atoms with E-state index in [1.54, 1.807) is 20.9 Å². The molecule has 1 aromatic carbocycles. The molecule has 38 heavy (non-hydrogen) atoms. The van der Waals surface area contributed by atoms with Gasteiger partial charge in [0.25, 0.3) is 0 Å². The van der Waals surface area contributed by atoms with E-state index in [2.05, 4.69) is 26.0 Å². The van der Waals surface area contributed by atoms with E-state index in [-0.39, 0.29) is 0 Å². The van der Waals surface area contributed by atoms with Crippen LogP contribution in [0.25, 0.3) is 20.2 Å². The van der Waals surface area contributed by atoms with Gasteiger partial charge < -0.3 is 0 Å². The SMILES string of the molecule is Cc1sc2c(Cc3cc4c(s3)CCCCC4)c3c(Cl)c(C)sc3c(Cc3cc4c(s3)CCCCC4)c2c1Cl. The first-order chi connectivity index (χ1) is 18.5. The summed E-state index contributed by atoms with van der Waals surface area (Å²) in [6, 6.07) is 5.01. The van der Waals surface area contributed by atoms with Crippen LogP contribution in [-0.4, -0.2) is 0 Å². The van der Waals surface area contributed by atoms with Gasteiger partial charge in [-0.15, -0.1) is 45.3 Å². The van der Waals surface area contributed by atoms with Crippen molar-refractivity contribution in [3.8, 4) is 0 Å². The highest BCUT2D eigenvalue weighted by Gasteiger charge is 2.26. The Morgan fingerprint density at radius 3 is 1.45 bits per heavy atom. The molecule has 2 aliphatic carbocycles. The lowest BCUT2D eigenvalue weighted by Gasteiger charge is -2.12. The topological polar surface area (TPSA) is 0 Å². The number of hydrogen-bond acceptors (Lipinski definition) is 4. The van der Waals surface area contributed by atoms with E-state index in [0.29, 0.717) is 0 Å². The summed E-state index contributed by atoms with van der Waals surface area (Å²) in [6.45, 7) is 4.37. The predicted octanol–water partition coefficient (Wildman–Crippen LogP) is 11.9. The number of halogens is 2. The molecule has 0 atom stereocenters. The maximum Gasteiger partial charge on any atom is 0.0624 e. The lowest BCUT2D eigenvalue weighted by molar-refractivity contribution is 0.712. The lowest BCUT2D eigenvalue weighted by atomic mass is 9.96. The maximum absolute atomic E-state index is 7.15. The first-order valence-electron chi connectivity index (χ1n) is 14.0. The van der Waals surface area contributed by atoms with Gasteiger partial charge in [-0.1, -0.05) is 36.0 Å². The molecular formula is C32H32Cl2S4. The normalized spacial score (nSPS) is 16.1. The van der Waals surface area contributed by atoms with Crippen molar-refractivity contribution in [3.05, 3.63) is 73.7 Å². The summed E-state index contributed by atoms with van der Waals surface area (Å²) < 4.78 is 2.72. The number of thiophene rings is 4. The molecule has 0 aliphatic heterocycles. The summed E-state index contributed by atoms with van der Waals surface area (Å²) in [4.78, 5) is 8.64. The minimum atomic E-state index is 0.949. The molecule has 0 unspecified atom stereocenters. The van der Waals surface area contributed by atoms with Crippen LogP contribution in [0.5, 0.6) is 0 Å². The van der Waals surface area contributed by atoms with E-state index in [0.717, 1.165) is 22.9 Å². The third kappa shape index (κ3) is 4.52. The van der Waals surface area contributed by atoms with Crippen LogP contribution in [0.15, 0.2) is 12.1 Å². The molecule has 0 bridgehead atoms. The lowest BCUT2D eigenvalue weighted by Crippen LogP contribution is -1.94. The first-order valence-corrected chi connectivity index (χ1v) is 18.0. The van der Waals surface area contributed by atoms with Crippen molar-refractivity contribution in [2.45, 2.75) is 90.9 Å². The van der Waals surface area contributed by atoms with Crippen molar-refractivity contribution in [1.29, 1.82) is 0 Å². The fraction of sp³-hybridized carbons (Fsp3) is 0.438. The molecule has 0 N–H and O–H groups in total. The highest BCUT2D eigenvalue weighted by atomic mass is 35.5. The van der Waals surface area contributed by atoms with Crippen LogP contribution in [0, 0.1) is 13.8 Å². The van der Waals surface area contributed by atoms with Gasteiger partial charge in [0.15, 0.2) is 0 Å². The maximum atomic E-state index is 7.15. The van der Waals surface area contributed by atoms with Gasteiger partial charge in [0.2, 0.25) is 0 Å². The molecule has 5 aromatic rings. The Kier molecular flexibility index (Phi) is 7.20. The molecule has 0 fully saturated rings. The van der Waals surface area contributed by atoms with E-state index in [9.17, 15) is 0 Å². The molecule has 0 amide bonds. The first kappa shape index (κ1) is 26.0. The highest BCUT2D eigenvalue weighted by molar-refractivity contribution is 7.22. The van der Waals surface area contributed by atoms with Gasteiger partial charge in [-0.25, -0.2) is 0 Å². The second-order valence-electron chi connectivity index (χ2n) is 11.1. The van der Waals surface area contributed by atoms with Gasteiger partial charge in [0, 0.05) is 62.3 Å². The van der Waals surface area contributed by atoms with Crippen LogP contribution in [0.1, 0.15) is 90.0 Å². The zero-order valence-corrected chi connectivity index (χ0v) is 26.8. The largest absolute Gasteiger partial charge is 0.145 e. The highest BCUT2D eigenvalue weighted by Crippen LogP contribution is 2.50. The number of aryl methyl sites for hydroxylation is 6. The van der Waals surface area contributed by atoms with Gasteiger partial charge in [-0.2, -0.15) is 0 Å². The summed E-state index contributed by atoms with van der Waals surface area (Å²) in [6.07, 6.45) is 14.9. The van der Waals surface area contributed by atoms with Crippen molar-refractivity contribution < 1.29 is 0 Å². The molecule has 0 saturated carbocycles. The van der Waals surface area contributed by atoms with E-state index < -0.39 is 0 Å². The summed E-state index contributed by atoms with van der Waals surface area (Å²) in [5.41, 5.74) is 5.98. The number of benzene rings is 1. The van der Waals surface area contributed by atoms with Gasteiger partial charge in [0.05, 0.1) is 10.0 Å². The average Bonchev–Trinajstić information content (AvgIpc) is 3.53. The monoisotopic (exact) mass is 614 g/mol. The Bertz CT molecular complexity index is 1500. The van der Waals surface area contributed by atoms with Crippen LogP contribution >= 0.6 is 68.5 Å². The number of rotatable bonds is 4. The molecular weight excluding hydrogens is 584 g/mol. The van der Waals surface area contributed by atoms with Crippen LogP contribution < -0.4 is 0 Å². The zero-order chi connectivity index (χ0) is 26.0. The summed E-state index contributed by atoms with van der Waals surface area (Å²) in [5, 5.41) is 4.48. The molecule has 198 valence electrons. The van der Waals surface area contributed by atoms with Crippen LogP contribution in [0.2, 0.25) is 10.0 Å². The second-order valence-corrected chi connectivity index (χ2v) is 16.8. The fourth-order valence-electron chi connectivity index (χ4n) is 6.56. The summed E-state index contributed by atoms with van der Waals surface area (Å²) in [7, 11) is 0. The predicted molar refractivity (Wildman–Crippen MR) is 173 cm³/mol. The van der Waals surface area contributed by atoms with Crippen molar-refractivity contribution in [2.75, 3.05) is 0 Å². The van der Waals surface area contributed by atoms with Gasteiger partial charge in [-0.05, 0) is 99.6 Å². The molecule has 6 heteroatoms. The van der Waals surface area contributed by atoms with Crippen LogP contribution in [-0.2, 0) is 38.5 Å². The molecule has 0 spiro atoms. The Balaban J connectivity index is 1.40. The standard InChI is InChI=1S/C32H32Cl2S4/c1-17-29(33)27-23(15-21-13-19-9-5-3-7-11-25(19)37-21)32-28(30(34)18(2)36-32)24(31(27)35-17)16-22-14-20-10-6-4-8-12-26(20)38-22/h13-14H,3-12,15-16H2,1-2H3. The Hall–Kier alpha value is -0.880. The molecule has 0 saturated heterocycles. The van der Waals surface area contributed by atoms with E-state index >= 15 is 0 Å². The zero-order valence-electron chi connectivity index (χ0n) is 22.0. The van der Waals surface area contributed by atoms with E-state index in [4.69, 9.17) is 23.2 Å². The van der Waals surface area contributed by atoms with E-state index in [1.807, 2.05) is 45.3 Å². The minimum absolute atomic E-state index is 0.949. The summed E-state index contributed by atoms with van der Waals surface area (Å²) >= 11 is 22.1. The van der Waals surface area contributed by atoms with Gasteiger partial charge in [0.1, 0.15) is 0 Å². The third-order valence-corrected chi connectivity index (χ3v) is 14.4. The van der Waals surface area contributed by atoms with Gasteiger partial charge >= 0.3 is 0 Å². The van der Waals surface area contributed by atoms with Gasteiger partial charge in [-0.3, -0.25) is 0 Å². The van der Waals surface area contributed by atoms with Crippen molar-refractivity contribution in [1.82, 2.24) is 0 Å². The Morgan fingerprint density at radius 2 is 1.00 bits per heavy atom. The molecule has 4 aromatic heterocycles. The molecule has 4 heterocycles. The smallest absolute Gasteiger partial charge is 0.0624 e. The quantitative estimate of drug-likeness (QED) is 0.176. The number of fused-ring (bicyclic) bond motifs is 4. The summed E-state index contributed by atoms with van der Waals surface area (Å²) in [5.74, 6) is 0. The molecule has 0 nitrogen and oxygen atoms in total. The molecule has 7 rings (SSSR count). The van der Waals surface area contributed by atoms with Crippen molar-refractivity contribution >= 4 is 88.7 Å². The minimum Gasteiger partial charge on any atom is -0.145 e. The fourth-order valence-corrected chi connectivity index (χ4v) is 12.1. The average molecular weight is 616 g/mol. The molecule has 0 radical (unpaired) electrons. The number of hydrogen-bond donors (Lipinski definition) is 0. The Labute approximate surface area is 251 Å².